The molecule has 0 aromatic heterocycles. The third-order valence-corrected chi connectivity index (χ3v) is 3.60. The summed E-state index contributed by atoms with van der Waals surface area (Å²) in [6, 6.07) is 0. The van der Waals surface area contributed by atoms with Crippen molar-refractivity contribution in [2.24, 2.45) is 5.92 Å². The van der Waals surface area contributed by atoms with Gasteiger partial charge in [-0.2, -0.15) is 0 Å². The average molecular weight is 346 g/mol. The third-order valence-electron chi connectivity index (χ3n) is 3.27. The molecule has 0 fully saturated rings. The number of alkyl halides is 3. The number of ether oxygens (including phenoxy) is 1. The molecular formula is C15H27Cl3O2. The maximum atomic E-state index is 12.0. The molecule has 0 rings (SSSR count). The lowest BCUT2D eigenvalue weighted by Crippen LogP contribution is -2.23. The summed E-state index contributed by atoms with van der Waals surface area (Å²) < 4.78 is 3.59. The minimum atomic E-state index is -1.52. The van der Waals surface area contributed by atoms with Crippen molar-refractivity contribution in [3.8, 4) is 0 Å². The van der Waals surface area contributed by atoms with E-state index in [1.807, 2.05) is 0 Å². The largest absolute Gasteiger partial charge is 0.461 e. The molecule has 1 atom stereocenters. The van der Waals surface area contributed by atoms with Gasteiger partial charge in [-0.25, -0.2) is 0 Å². The second-order valence-electron chi connectivity index (χ2n) is 5.26. The van der Waals surface area contributed by atoms with Crippen LogP contribution in [-0.2, 0) is 9.53 Å². The van der Waals surface area contributed by atoms with E-state index in [2.05, 4.69) is 13.8 Å². The number of carbonyl (C=O) groups is 1. The Hall–Kier alpha value is 0.340. The van der Waals surface area contributed by atoms with Crippen LogP contribution in [0.15, 0.2) is 0 Å². The van der Waals surface area contributed by atoms with Gasteiger partial charge in [0.1, 0.15) is 6.61 Å². The minimum absolute atomic E-state index is 0.0519. The van der Waals surface area contributed by atoms with E-state index in [1.54, 1.807) is 0 Å². The molecule has 0 amide bonds. The Kier molecular flexibility index (Phi) is 12.1. The number of halogens is 3. The van der Waals surface area contributed by atoms with Crippen LogP contribution < -0.4 is 0 Å². The molecule has 0 saturated carbocycles. The van der Waals surface area contributed by atoms with Crippen LogP contribution in [0.25, 0.3) is 0 Å². The second kappa shape index (κ2) is 11.9. The van der Waals surface area contributed by atoms with Crippen LogP contribution >= 0.6 is 34.8 Å². The van der Waals surface area contributed by atoms with Crippen LogP contribution in [0.4, 0.5) is 0 Å². The highest BCUT2D eigenvalue weighted by Gasteiger charge is 2.25. The lowest BCUT2D eigenvalue weighted by molar-refractivity contribution is -0.149. The Morgan fingerprint density at radius 3 is 2.05 bits per heavy atom. The van der Waals surface area contributed by atoms with E-state index < -0.39 is 3.79 Å². The molecule has 1 unspecified atom stereocenters. The topological polar surface area (TPSA) is 26.3 Å². The molecule has 0 aliphatic carbocycles. The quantitative estimate of drug-likeness (QED) is 0.258. The van der Waals surface area contributed by atoms with Crippen LogP contribution in [0.2, 0.25) is 0 Å². The van der Waals surface area contributed by atoms with Crippen molar-refractivity contribution in [1.29, 1.82) is 0 Å². The van der Waals surface area contributed by atoms with E-state index in [-0.39, 0.29) is 18.5 Å². The Labute approximate surface area is 138 Å². The summed E-state index contributed by atoms with van der Waals surface area (Å²) in [5.41, 5.74) is 0. The molecule has 120 valence electrons. The monoisotopic (exact) mass is 344 g/mol. The summed E-state index contributed by atoms with van der Waals surface area (Å²) in [4.78, 5) is 12.0. The lowest BCUT2D eigenvalue weighted by Gasteiger charge is -2.18. The first-order chi connectivity index (χ1) is 9.40. The summed E-state index contributed by atoms with van der Waals surface area (Å²) in [5, 5.41) is 0. The SMILES string of the molecule is CCCCCCCC(CCCC)C(=O)OCC(Cl)(Cl)Cl. The predicted octanol–water partition coefficient (Wildman–Crippen LogP) is 6.07. The van der Waals surface area contributed by atoms with E-state index in [9.17, 15) is 4.79 Å². The molecule has 0 spiro atoms. The van der Waals surface area contributed by atoms with E-state index in [4.69, 9.17) is 39.5 Å². The summed E-state index contributed by atoms with van der Waals surface area (Å²) in [6.07, 6.45) is 9.81. The van der Waals surface area contributed by atoms with Crippen molar-refractivity contribution in [1.82, 2.24) is 0 Å². The minimum Gasteiger partial charge on any atom is -0.461 e. The first-order valence-corrected chi connectivity index (χ1v) is 8.77. The highest BCUT2D eigenvalue weighted by atomic mass is 35.6. The summed E-state index contributed by atoms with van der Waals surface area (Å²) in [6.45, 7) is 4.14. The normalized spacial score (nSPS) is 13.2. The molecule has 20 heavy (non-hydrogen) atoms. The molecule has 0 heterocycles. The Morgan fingerprint density at radius 2 is 1.50 bits per heavy atom. The van der Waals surface area contributed by atoms with Gasteiger partial charge in [0.15, 0.2) is 0 Å². The van der Waals surface area contributed by atoms with E-state index in [0.29, 0.717) is 0 Å². The van der Waals surface area contributed by atoms with Gasteiger partial charge in [-0.1, -0.05) is 93.6 Å². The summed E-state index contributed by atoms with van der Waals surface area (Å²) in [5.74, 6) is -0.274. The number of unbranched alkanes of at least 4 members (excludes halogenated alkanes) is 5. The van der Waals surface area contributed by atoms with Crippen LogP contribution in [0.1, 0.15) is 71.6 Å². The highest BCUT2D eigenvalue weighted by molar-refractivity contribution is 6.67. The summed E-state index contributed by atoms with van der Waals surface area (Å²) >= 11 is 16.8. The molecule has 0 aromatic carbocycles. The van der Waals surface area contributed by atoms with E-state index in [1.165, 1.54) is 25.7 Å². The molecule has 0 saturated heterocycles. The Balaban J connectivity index is 4.07. The fraction of sp³-hybridized carbons (Fsp3) is 0.933. The maximum Gasteiger partial charge on any atom is 0.309 e. The maximum absolute atomic E-state index is 12.0. The van der Waals surface area contributed by atoms with Gasteiger partial charge in [-0.15, -0.1) is 0 Å². The highest BCUT2D eigenvalue weighted by Crippen LogP contribution is 2.27. The fourth-order valence-electron chi connectivity index (χ4n) is 2.10. The van der Waals surface area contributed by atoms with Gasteiger partial charge in [0.2, 0.25) is 3.79 Å². The molecule has 2 nitrogen and oxygen atoms in total. The first kappa shape index (κ1) is 20.3. The van der Waals surface area contributed by atoms with Gasteiger partial charge in [0.05, 0.1) is 5.92 Å². The van der Waals surface area contributed by atoms with Crippen LogP contribution in [0.5, 0.6) is 0 Å². The van der Waals surface area contributed by atoms with Crippen molar-refractivity contribution in [2.75, 3.05) is 6.61 Å². The zero-order chi connectivity index (χ0) is 15.4. The van der Waals surface area contributed by atoms with Crippen LogP contribution in [-0.4, -0.2) is 16.4 Å². The van der Waals surface area contributed by atoms with Gasteiger partial charge >= 0.3 is 5.97 Å². The number of esters is 1. The number of carbonyl (C=O) groups excluding carboxylic acids is 1. The smallest absolute Gasteiger partial charge is 0.309 e. The number of rotatable bonds is 11. The van der Waals surface area contributed by atoms with Gasteiger partial charge in [0, 0.05) is 0 Å². The molecule has 0 aliphatic heterocycles. The van der Waals surface area contributed by atoms with Crippen molar-refractivity contribution in [3.63, 3.8) is 0 Å². The first-order valence-electron chi connectivity index (χ1n) is 7.64. The van der Waals surface area contributed by atoms with Crippen molar-refractivity contribution in [3.05, 3.63) is 0 Å². The number of hydrogen-bond acceptors (Lipinski definition) is 2. The zero-order valence-corrected chi connectivity index (χ0v) is 14.9. The van der Waals surface area contributed by atoms with E-state index in [0.717, 1.165) is 32.1 Å². The van der Waals surface area contributed by atoms with Crippen molar-refractivity contribution in [2.45, 2.75) is 75.4 Å². The van der Waals surface area contributed by atoms with Gasteiger partial charge in [0.25, 0.3) is 0 Å². The van der Waals surface area contributed by atoms with Crippen molar-refractivity contribution < 1.29 is 9.53 Å². The number of hydrogen-bond donors (Lipinski definition) is 0. The lowest BCUT2D eigenvalue weighted by atomic mass is 9.95. The van der Waals surface area contributed by atoms with E-state index >= 15 is 0 Å². The Morgan fingerprint density at radius 1 is 0.950 bits per heavy atom. The van der Waals surface area contributed by atoms with Gasteiger partial charge < -0.3 is 4.74 Å². The molecule has 0 N–H and O–H groups in total. The average Bonchev–Trinajstić information content (AvgIpc) is 2.38. The molecule has 0 bridgehead atoms. The van der Waals surface area contributed by atoms with Gasteiger partial charge in [-0.3, -0.25) is 4.79 Å². The predicted molar refractivity (Wildman–Crippen MR) is 87.6 cm³/mol. The zero-order valence-electron chi connectivity index (χ0n) is 12.6. The summed E-state index contributed by atoms with van der Waals surface area (Å²) in [7, 11) is 0. The fourth-order valence-corrected chi connectivity index (χ4v) is 2.26. The molecule has 0 aromatic rings. The molecular weight excluding hydrogens is 319 g/mol. The van der Waals surface area contributed by atoms with Crippen LogP contribution in [0, 0.1) is 5.92 Å². The molecule has 0 radical (unpaired) electrons. The second-order valence-corrected chi connectivity index (χ2v) is 7.78. The standard InChI is InChI=1S/C15H27Cl3O2/c1-3-5-7-8-9-11-13(10-6-4-2)14(19)20-12-15(16,17)18/h13H,3-12H2,1-2H3. The van der Waals surface area contributed by atoms with Crippen LogP contribution in [0.3, 0.4) is 0 Å². The Bertz CT molecular complexity index is 252. The van der Waals surface area contributed by atoms with Crippen molar-refractivity contribution >= 4 is 40.8 Å². The third kappa shape index (κ3) is 12.1. The molecule has 0 aliphatic rings. The van der Waals surface area contributed by atoms with Gasteiger partial charge in [-0.05, 0) is 12.8 Å². The molecule has 5 heteroatoms.